The summed E-state index contributed by atoms with van der Waals surface area (Å²) in [6.45, 7) is 4.39. The smallest absolute Gasteiger partial charge is 0.338 e. The number of hydrogen-bond donors (Lipinski definition) is 1. The van der Waals surface area contributed by atoms with Crippen LogP contribution in [0, 0.1) is 5.92 Å². The third kappa shape index (κ3) is 6.90. The van der Waals surface area contributed by atoms with Crippen LogP contribution in [0.25, 0.3) is 11.4 Å². The molecule has 0 aliphatic carbocycles. The molecule has 35 heavy (non-hydrogen) atoms. The second kappa shape index (κ2) is 12.0. The fourth-order valence-electron chi connectivity index (χ4n) is 3.99. The van der Waals surface area contributed by atoms with Crippen molar-refractivity contribution in [2.24, 2.45) is 5.92 Å². The molecule has 1 N–H and O–H groups in total. The standard InChI is InChI=1S/C26H29ClN4O4/c1-2-3-14-34-26(33)18-9-11-22(12-10-18)28-25(32)20-7-5-13-31(16-20)17-23-29-24(30-35-23)19-6-4-8-21(27)15-19/h4,6,8-12,15,20H,2-3,5,7,13-14,16-17H2,1H3,(H,28,32). The third-order valence-electron chi connectivity index (χ3n) is 5.91. The van der Waals surface area contributed by atoms with Crippen LogP contribution in [0.1, 0.15) is 48.9 Å². The van der Waals surface area contributed by atoms with E-state index in [1.54, 1.807) is 36.4 Å². The van der Waals surface area contributed by atoms with Gasteiger partial charge in [0.15, 0.2) is 0 Å². The Morgan fingerprint density at radius 1 is 1.23 bits per heavy atom. The summed E-state index contributed by atoms with van der Waals surface area (Å²) < 4.78 is 10.7. The van der Waals surface area contributed by atoms with Gasteiger partial charge in [-0.05, 0) is 62.2 Å². The average molecular weight is 497 g/mol. The summed E-state index contributed by atoms with van der Waals surface area (Å²) in [7, 11) is 0. The van der Waals surface area contributed by atoms with Crippen molar-refractivity contribution >= 4 is 29.2 Å². The van der Waals surface area contributed by atoms with Crippen molar-refractivity contribution in [3.05, 3.63) is 65.0 Å². The van der Waals surface area contributed by atoms with E-state index in [1.807, 2.05) is 19.1 Å². The normalized spacial score (nSPS) is 16.1. The number of nitrogens with one attached hydrogen (secondary N) is 1. The number of likely N-dealkylation sites (tertiary alicyclic amines) is 1. The highest BCUT2D eigenvalue weighted by molar-refractivity contribution is 6.30. The van der Waals surface area contributed by atoms with Crippen molar-refractivity contribution in [3.8, 4) is 11.4 Å². The molecule has 3 aromatic rings. The van der Waals surface area contributed by atoms with Crippen LogP contribution in [-0.4, -0.2) is 46.6 Å². The molecular formula is C26H29ClN4O4. The number of anilines is 1. The molecule has 1 saturated heterocycles. The minimum absolute atomic E-state index is 0.0434. The lowest BCUT2D eigenvalue weighted by Crippen LogP contribution is -2.40. The number of unbranched alkanes of at least 4 members (excludes halogenated alkanes) is 1. The highest BCUT2D eigenvalue weighted by Crippen LogP contribution is 2.23. The molecule has 1 aromatic heterocycles. The lowest BCUT2D eigenvalue weighted by atomic mass is 9.97. The van der Waals surface area contributed by atoms with Crippen molar-refractivity contribution in [1.82, 2.24) is 15.0 Å². The second-order valence-corrected chi connectivity index (χ2v) is 9.09. The Bertz CT molecular complexity index is 1150. The van der Waals surface area contributed by atoms with E-state index in [2.05, 4.69) is 20.4 Å². The van der Waals surface area contributed by atoms with Gasteiger partial charge < -0.3 is 14.6 Å². The molecule has 0 spiro atoms. The van der Waals surface area contributed by atoms with E-state index >= 15 is 0 Å². The quantitative estimate of drug-likeness (QED) is 0.321. The molecule has 4 rings (SSSR count). The zero-order valence-corrected chi connectivity index (χ0v) is 20.5. The van der Waals surface area contributed by atoms with Crippen LogP contribution in [0.15, 0.2) is 53.1 Å². The van der Waals surface area contributed by atoms with Gasteiger partial charge in [-0.1, -0.05) is 42.2 Å². The first-order valence-electron chi connectivity index (χ1n) is 11.9. The lowest BCUT2D eigenvalue weighted by Gasteiger charge is -2.30. The van der Waals surface area contributed by atoms with Crippen molar-refractivity contribution in [2.45, 2.75) is 39.2 Å². The Morgan fingerprint density at radius 2 is 2.06 bits per heavy atom. The highest BCUT2D eigenvalue weighted by Gasteiger charge is 2.27. The van der Waals surface area contributed by atoms with Gasteiger partial charge in [0.1, 0.15) is 0 Å². The first-order chi connectivity index (χ1) is 17.0. The molecule has 2 aromatic carbocycles. The maximum atomic E-state index is 12.9. The van der Waals surface area contributed by atoms with Crippen molar-refractivity contribution in [2.75, 3.05) is 25.0 Å². The Kier molecular flexibility index (Phi) is 8.50. The highest BCUT2D eigenvalue weighted by atomic mass is 35.5. The summed E-state index contributed by atoms with van der Waals surface area (Å²) >= 11 is 6.05. The number of halogens is 1. The molecule has 8 nitrogen and oxygen atoms in total. The molecule has 0 saturated carbocycles. The zero-order valence-electron chi connectivity index (χ0n) is 19.7. The monoisotopic (exact) mass is 496 g/mol. The van der Waals surface area contributed by atoms with Crippen LogP contribution in [0.3, 0.4) is 0 Å². The number of carbonyl (C=O) groups is 2. The Hall–Kier alpha value is -3.23. The predicted molar refractivity (Wildman–Crippen MR) is 133 cm³/mol. The van der Waals surface area contributed by atoms with Gasteiger partial charge >= 0.3 is 5.97 Å². The van der Waals surface area contributed by atoms with Gasteiger partial charge in [-0.2, -0.15) is 4.98 Å². The van der Waals surface area contributed by atoms with Crippen LogP contribution in [0.2, 0.25) is 5.02 Å². The second-order valence-electron chi connectivity index (χ2n) is 8.65. The van der Waals surface area contributed by atoms with E-state index in [0.29, 0.717) is 47.7 Å². The Balaban J connectivity index is 1.29. The molecule has 9 heteroatoms. The zero-order chi connectivity index (χ0) is 24.6. The Labute approximate surface area is 209 Å². The minimum atomic E-state index is -0.348. The van der Waals surface area contributed by atoms with Crippen molar-refractivity contribution < 1.29 is 18.8 Å². The topological polar surface area (TPSA) is 97.6 Å². The number of amides is 1. The number of esters is 1. The van der Waals surface area contributed by atoms with E-state index in [4.69, 9.17) is 20.9 Å². The lowest BCUT2D eigenvalue weighted by molar-refractivity contribution is -0.121. The molecular weight excluding hydrogens is 468 g/mol. The molecule has 1 aliphatic rings. The number of nitrogens with zero attached hydrogens (tertiary/aromatic N) is 3. The summed E-state index contributed by atoms with van der Waals surface area (Å²) in [6, 6.07) is 14.1. The van der Waals surface area contributed by atoms with Crippen LogP contribution in [0.5, 0.6) is 0 Å². The van der Waals surface area contributed by atoms with Crippen LogP contribution in [-0.2, 0) is 16.1 Å². The van der Waals surface area contributed by atoms with Crippen LogP contribution < -0.4 is 5.32 Å². The van der Waals surface area contributed by atoms with Crippen molar-refractivity contribution in [3.63, 3.8) is 0 Å². The van der Waals surface area contributed by atoms with E-state index in [1.165, 1.54) is 0 Å². The molecule has 2 heterocycles. The largest absolute Gasteiger partial charge is 0.462 e. The number of aromatic nitrogens is 2. The molecule has 0 radical (unpaired) electrons. The van der Waals surface area contributed by atoms with Gasteiger partial charge in [-0.3, -0.25) is 9.69 Å². The van der Waals surface area contributed by atoms with Crippen LogP contribution in [0.4, 0.5) is 5.69 Å². The first kappa shape index (κ1) is 24.9. The molecule has 1 atom stereocenters. The summed E-state index contributed by atoms with van der Waals surface area (Å²) in [5.41, 5.74) is 1.92. The summed E-state index contributed by atoms with van der Waals surface area (Å²) in [4.78, 5) is 31.6. The van der Waals surface area contributed by atoms with Crippen molar-refractivity contribution in [1.29, 1.82) is 0 Å². The maximum Gasteiger partial charge on any atom is 0.338 e. The van der Waals surface area contributed by atoms with E-state index in [0.717, 1.165) is 37.8 Å². The van der Waals surface area contributed by atoms with Gasteiger partial charge in [-0.25, -0.2) is 4.79 Å². The summed E-state index contributed by atoms with van der Waals surface area (Å²) in [5, 5.41) is 7.63. The molecule has 184 valence electrons. The molecule has 1 fully saturated rings. The number of hydrogen-bond acceptors (Lipinski definition) is 7. The van der Waals surface area contributed by atoms with Gasteiger partial charge in [-0.15, -0.1) is 0 Å². The predicted octanol–water partition coefficient (Wildman–Crippen LogP) is 5.20. The van der Waals surface area contributed by atoms with Gasteiger partial charge in [0.05, 0.1) is 24.6 Å². The fraction of sp³-hybridized carbons (Fsp3) is 0.385. The van der Waals surface area contributed by atoms with Crippen LogP contribution >= 0.6 is 11.6 Å². The van der Waals surface area contributed by atoms with Gasteiger partial charge in [0.2, 0.25) is 17.6 Å². The Morgan fingerprint density at radius 3 is 2.83 bits per heavy atom. The third-order valence-corrected chi connectivity index (χ3v) is 6.14. The molecule has 0 bridgehead atoms. The first-order valence-corrected chi connectivity index (χ1v) is 12.3. The van der Waals surface area contributed by atoms with E-state index in [-0.39, 0.29) is 17.8 Å². The number of rotatable bonds is 9. The fourth-order valence-corrected chi connectivity index (χ4v) is 4.19. The number of piperidine rings is 1. The summed E-state index contributed by atoms with van der Waals surface area (Å²) in [6.07, 6.45) is 3.52. The average Bonchev–Trinajstić information content (AvgIpc) is 3.33. The molecule has 1 aliphatic heterocycles. The maximum absolute atomic E-state index is 12.9. The van der Waals surface area contributed by atoms with Gasteiger partial charge in [0.25, 0.3) is 0 Å². The number of ether oxygens (including phenoxy) is 1. The van der Waals surface area contributed by atoms with Gasteiger partial charge in [0, 0.05) is 22.8 Å². The molecule has 1 unspecified atom stereocenters. The van der Waals surface area contributed by atoms with E-state index in [9.17, 15) is 9.59 Å². The number of carbonyl (C=O) groups excluding carboxylic acids is 2. The minimum Gasteiger partial charge on any atom is -0.462 e. The SMILES string of the molecule is CCCCOC(=O)c1ccc(NC(=O)C2CCCN(Cc3nc(-c4cccc(Cl)c4)no3)C2)cc1. The molecule has 1 amide bonds. The van der Waals surface area contributed by atoms with E-state index < -0.39 is 0 Å². The number of benzene rings is 2. The summed E-state index contributed by atoms with van der Waals surface area (Å²) in [5.74, 6) is 0.448.